The van der Waals surface area contributed by atoms with E-state index in [1.165, 1.54) is 0 Å². The van der Waals surface area contributed by atoms with Gasteiger partial charge < -0.3 is 4.57 Å². The maximum Gasteiger partial charge on any atom is 0.281 e. The first-order chi connectivity index (χ1) is 10.6. The fourth-order valence-corrected chi connectivity index (χ4v) is 4.23. The van der Waals surface area contributed by atoms with Gasteiger partial charge in [-0.25, -0.2) is 13.1 Å². The average molecular weight is 334 g/mol. The van der Waals surface area contributed by atoms with Crippen molar-refractivity contribution in [1.29, 1.82) is 0 Å². The molecule has 1 N–H and O–H groups in total. The van der Waals surface area contributed by atoms with Gasteiger partial charge in [0.05, 0.1) is 4.90 Å². The molecule has 0 atom stereocenters. The maximum absolute atomic E-state index is 12.7. The lowest BCUT2D eigenvalue weighted by Crippen LogP contribution is -2.33. The molecule has 1 heterocycles. The summed E-state index contributed by atoms with van der Waals surface area (Å²) in [5.74, 6) is -0.626. The van der Waals surface area contributed by atoms with Crippen molar-refractivity contribution < 1.29 is 13.2 Å². The van der Waals surface area contributed by atoms with Crippen molar-refractivity contribution in [3.8, 4) is 0 Å². The number of nitrogens with zero attached hydrogens (tertiary/aromatic N) is 1. The number of aromatic nitrogens is 1. The van der Waals surface area contributed by atoms with Gasteiger partial charge in [0, 0.05) is 12.7 Å². The van der Waals surface area contributed by atoms with Crippen molar-refractivity contribution >= 4 is 15.9 Å². The molecule has 0 bridgehead atoms. The van der Waals surface area contributed by atoms with E-state index >= 15 is 0 Å². The van der Waals surface area contributed by atoms with Crippen LogP contribution in [0.4, 0.5) is 0 Å². The highest BCUT2D eigenvalue weighted by atomic mass is 32.2. The second-order valence-electron chi connectivity index (χ2n) is 5.94. The molecule has 0 saturated carbocycles. The van der Waals surface area contributed by atoms with Crippen molar-refractivity contribution in [1.82, 2.24) is 9.29 Å². The first-order valence-corrected chi connectivity index (χ1v) is 8.81. The summed E-state index contributed by atoms with van der Waals surface area (Å²) in [6.07, 6.45) is 0. The van der Waals surface area contributed by atoms with Crippen LogP contribution < -0.4 is 4.72 Å². The van der Waals surface area contributed by atoms with Crippen LogP contribution in [0, 0.1) is 34.6 Å². The Labute approximate surface area is 137 Å². The van der Waals surface area contributed by atoms with Crippen molar-refractivity contribution in [2.75, 3.05) is 0 Å². The van der Waals surface area contributed by atoms with E-state index in [1.807, 2.05) is 26.8 Å². The van der Waals surface area contributed by atoms with Gasteiger partial charge in [0.25, 0.3) is 15.9 Å². The zero-order valence-electron chi connectivity index (χ0n) is 14.3. The average Bonchev–Trinajstić information content (AvgIpc) is 2.76. The van der Waals surface area contributed by atoms with E-state index in [4.69, 9.17) is 0 Å². The third-order valence-electron chi connectivity index (χ3n) is 4.40. The van der Waals surface area contributed by atoms with Gasteiger partial charge in [0.15, 0.2) is 0 Å². The highest BCUT2D eigenvalue weighted by Gasteiger charge is 2.25. The molecule has 0 radical (unpaired) electrons. The monoisotopic (exact) mass is 334 g/mol. The third-order valence-corrected chi connectivity index (χ3v) is 6.00. The Morgan fingerprint density at radius 3 is 1.96 bits per heavy atom. The maximum atomic E-state index is 12.7. The molecular formula is C17H22N2O3S. The van der Waals surface area contributed by atoms with E-state index in [-0.39, 0.29) is 4.90 Å². The van der Waals surface area contributed by atoms with Crippen LogP contribution in [0.1, 0.15) is 38.4 Å². The molecule has 23 heavy (non-hydrogen) atoms. The molecule has 1 aromatic heterocycles. The molecule has 1 amide bonds. The molecule has 0 unspecified atom stereocenters. The quantitative estimate of drug-likeness (QED) is 0.938. The summed E-state index contributed by atoms with van der Waals surface area (Å²) in [4.78, 5) is 12.5. The Kier molecular flexibility index (Phi) is 4.39. The van der Waals surface area contributed by atoms with Crippen LogP contribution in [-0.4, -0.2) is 18.9 Å². The molecule has 0 fully saturated rings. The number of amides is 1. The minimum Gasteiger partial charge on any atom is -0.344 e. The van der Waals surface area contributed by atoms with Crippen LogP contribution in [0.5, 0.6) is 0 Å². The smallest absolute Gasteiger partial charge is 0.281 e. The van der Waals surface area contributed by atoms with Gasteiger partial charge in [-0.15, -0.1) is 0 Å². The van der Waals surface area contributed by atoms with E-state index in [1.54, 1.807) is 37.6 Å². The highest BCUT2D eigenvalue weighted by molar-refractivity contribution is 7.90. The molecule has 6 heteroatoms. The molecule has 124 valence electrons. The number of rotatable bonds is 3. The van der Waals surface area contributed by atoms with Gasteiger partial charge in [0.2, 0.25) is 0 Å². The van der Waals surface area contributed by atoms with Gasteiger partial charge in [-0.3, -0.25) is 4.79 Å². The van der Waals surface area contributed by atoms with Crippen LogP contribution in [-0.2, 0) is 17.1 Å². The van der Waals surface area contributed by atoms with Gasteiger partial charge in [-0.05, 0) is 69.0 Å². The molecule has 0 spiro atoms. The van der Waals surface area contributed by atoms with E-state index < -0.39 is 15.9 Å². The van der Waals surface area contributed by atoms with Crippen molar-refractivity contribution in [3.63, 3.8) is 0 Å². The second-order valence-corrected chi connectivity index (χ2v) is 7.56. The summed E-state index contributed by atoms with van der Waals surface area (Å²) in [5, 5.41) is 0. The Hall–Kier alpha value is -2.08. The minimum absolute atomic E-state index is 0.189. The Morgan fingerprint density at radius 1 is 1.00 bits per heavy atom. The van der Waals surface area contributed by atoms with Gasteiger partial charge in [-0.1, -0.05) is 6.07 Å². The molecule has 0 aliphatic rings. The van der Waals surface area contributed by atoms with Crippen LogP contribution in [0.2, 0.25) is 0 Å². The molecule has 5 nitrogen and oxygen atoms in total. The molecule has 0 saturated heterocycles. The van der Waals surface area contributed by atoms with Crippen molar-refractivity contribution in [2.24, 2.45) is 7.05 Å². The summed E-state index contributed by atoms with van der Waals surface area (Å²) in [6.45, 7) is 9.09. The molecule has 0 aliphatic carbocycles. The lowest BCUT2D eigenvalue weighted by atomic mass is 10.0. The third kappa shape index (κ3) is 3.03. The number of nitrogens with one attached hydrogen (secondary N) is 1. The lowest BCUT2D eigenvalue weighted by Gasteiger charge is -2.16. The number of hydrogen-bond donors (Lipinski definition) is 1. The number of aryl methyl sites for hydroxylation is 3. The topological polar surface area (TPSA) is 68.2 Å². The summed E-state index contributed by atoms with van der Waals surface area (Å²) in [6, 6.07) is 5.34. The fourth-order valence-electron chi connectivity index (χ4n) is 2.65. The van der Waals surface area contributed by atoms with Crippen LogP contribution >= 0.6 is 0 Å². The Bertz CT molecular complexity index is 867. The predicted octanol–water partition coefficient (Wildman–Crippen LogP) is 2.69. The Balaban J connectivity index is 2.48. The number of carbonyl (C=O) groups excluding carboxylic acids is 1. The van der Waals surface area contributed by atoms with Gasteiger partial charge >= 0.3 is 0 Å². The van der Waals surface area contributed by atoms with Gasteiger partial charge in [-0.2, -0.15) is 0 Å². The standard InChI is InChI=1S/C17H22N2O3S/c1-10-9-11(2)14(5)16(13(10)4)23(21,22)18-17(20)15-8-7-12(3)19(15)6/h7-9H,1-6H3,(H,18,20). The lowest BCUT2D eigenvalue weighted by molar-refractivity contribution is 0.0973. The van der Waals surface area contributed by atoms with Crippen LogP contribution in [0.15, 0.2) is 23.1 Å². The van der Waals surface area contributed by atoms with Crippen LogP contribution in [0.25, 0.3) is 0 Å². The van der Waals surface area contributed by atoms with Crippen molar-refractivity contribution in [3.05, 3.63) is 51.8 Å². The SMILES string of the molecule is Cc1cc(C)c(C)c(S(=O)(=O)NC(=O)c2ccc(C)n2C)c1C. The van der Waals surface area contributed by atoms with Gasteiger partial charge in [0.1, 0.15) is 5.69 Å². The number of carbonyl (C=O) groups is 1. The van der Waals surface area contributed by atoms with E-state index in [2.05, 4.69) is 4.72 Å². The number of benzene rings is 1. The summed E-state index contributed by atoms with van der Waals surface area (Å²) >= 11 is 0. The first kappa shape index (κ1) is 17.3. The second kappa shape index (κ2) is 5.85. The fraction of sp³-hybridized carbons (Fsp3) is 0.353. The normalized spacial score (nSPS) is 11.6. The first-order valence-electron chi connectivity index (χ1n) is 7.33. The highest BCUT2D eigenvalue weighted by Crippen LogP contribution is 2.26. The van der Waals surface area contributed by atoms with Crippen molar-refractivity contribution in [2.45, 2.75) is 39.5 Å². The molecular weight excluding hydrogens is 312 g/mol. The summed E-state index contributed by atoms with van der Waals surface area (Å²) in [5.41, 5.74) is 4.29. The zero-order valence-corrected chi connectivity index (χ0v) is 15.1. The zero-order chi connectivity index (χ0) is 17.5. The van der Waals surface area contributed by atoms with E-state index in [0.29, 0.717) is 16.8 Å². The molecule has 0 aliphatic heterocycles. The minimum atomic E-state index is -3.93. The predicted molar refractivity (Wildman–Crippen MR) is 90.2 cm³/mol. The summed E-state index contributed by atoms with van der Waals surface area (Å²) in [7, 11) is -2.21. The molecule has 1 aromatic carbocycles. The molecule has 2 rings (SSSR count). The molecule has 2 aromatic rings. The Morgan fingerprint density at radius 2 is 1.52 bits per heavy atom. The number of hydrogen-bond acceptors (Lipinski definition) is 3. The van der Waals surface area contributed by atoms with Crippen LogP contribution in [0.3, 0.4) is 0 Å². The largest absolute Gasteiger partial charge is 0.344 e. The summed E-state index contributed by atoms with van der Waals surface area (Å²) < 4.78 is 29.3. The van der Waals surface area contributed by atoms with E-state index in [9.17, 15) is 13.2 Å². The van der Waals surface area contributed by atoms with E-state index in [0.717, 1.165) is 16.8 Å². The number of sulfonamides is 1.